The number of nitrogens with one attached hydrogen (secondary N) is 1. The van der Waals surface area contributed by atoms with Crippen LogP contribution in [0.5, 0.6) is 0 Å². The molecular formula is C19H30N4O3S. The Morgan fingerprint density at radius 3 is 2.85 bits per heavy atom. The van der Waals surface area contributed by atoms with Crippen LogP contribution in [0, 0.1) is 5.92 Å². The predicted molar refractivity (Wildman–Crippen MR) is 104 cm³/mol. The van der Waals surface area contributed by atoms with E-state index < -0.39 is 10.0 Å². The first-order valence-electron chi connectivity index (χ1n) is 9.89. The van der Waals surface area contributed by atoms with Crippen LogP contribution < -0.4 is 5.32 Å². The Labute approximate surface area is 162 Å². The van der Waals surface area contributed by atoms with Gasteiger partial charge in [-0.05, 0) is 44.4 Å². The Morgan fingerprint density at radius 2 is 2.11 bits per heavy atom. The van der Waals surface area contributed by atoms with Crippen molar-refractivity contribution in [3.8, 4) is 0 Å². The van der Waals surface area contributed by atoms with Gasteiger partial charge >= 0.3 is 0 Å². The number of carbonyl (C=O) groups is 1. The third-order valence-electron chi connectivity index (χ3n) is 5.64. The van der Waals surface area contributed by atoms with E-state index in [0.29, 0.717) is 32.6 Å². The molecule has 0 bridgehead atoms. The molecule has 1 N–H and O–H groups in total. The molecule has 1 aromatic heterocycles. The van der Waals surface area contributed by atoms with E-state index in [2.05, 4.69) is 15.2 Å². The van der Waals surface area contributed by atoms with Crippen LogP contribution in [0.2, 0.25) is 0 Å². The van der Waals surface area contributed by atoms with Gasteiger partial charge in [0.1, 0.15) is 0 Å². The Hall–Kier alpha value is -1.51. The first kappa shape index (κ1) is 20.2. The molecular weight excluding hydrogens is 364 g/mol. The molecule has 2 aliphatic rings. The van der Waals surface area contributed by atoms with Gasteiger partial charge in [0.05, 0.1) is 11.7 Å². The minimum absolute atomic E-state index is 0.0617. The van der Waals surface area contributed by atoms with Crippen LogP contribution in [0.1, 0.15) is 38.2 Å². The van der Waals surface area contributed by atoms with Gasteiger partial charge in [0.25, 0.3) is 0 Å². The summed E-state index contributed by atoms with van der Waals surface area (Å²) >= 11 is 0. The van der Waals surface area contributed by atoms with Gasteiger partial charge in [-0.1, -0.05) is 12.5 Å². The van der Waals surface area contributed by atoms with E-state index in [4.69, 9.17) is 0 Å². The number of aromatic nitrogens is 1. The number of hydrogen-bond donors (Lipinski definition) is 1. The zero-order valence-corrected chi connectivity index (χ0v) is 16.8. The van der Waals surface area contributed by atoms with Gasteiger partial charge < -0.3 is 5.32 Å². The molecule has 0 spiro atoms. The zero-order valence-electron chi connectivity index (χ0n) is 16.0. The molecule has 3 rings (SSSR count). The summed E-state index contributed by atoms with van der Waals surface area (Å²) in [6.07, 6.45) is 7.24. The second-order valence-electron chi connectivity index (χ2n) is 7.40. The molecule has 3 heterocycles. The van der Waals surface area contributed by atoms with Crippen LogP contribution in [0.25, 0.3) is 0 Å². The monoisotopic (exact) mass is 394 g/mol. The van der Waals surface area contributed by atoms with Gasteiger partial charge in [0.2, 0.25) is 15.9 Å². The summed E-state index contributed by atoms with van der Waals surface area (Å²) in [5.41, 5.74) is 1.09. The standard InChI is InChI=1S/C19H30N4O3S/c1-2-27(25,26)23-12-8-17-18(15-23)22(14-16-7-6-9-20-13-16)11-5-3-4-10-21-19(17)24/h6-7,9,13,17-18H,2-5,8,10-12,14-15H2,1H3,(H,21,24)/t17-,18-/m1/s1. The number of piperidine rings is 1. The maximum atomic E-state index is 12.8. The number of amides is 1. The van der Waals surface area contributed by atoms with Gasteiger partial charge in [-0.25, -0.2) is 12.7 Å². The van der Waals surface area contributed by atoms with Crippen LogP contribution >= 0.6 is 0 Å². The summed E-state index contributed by atoms with van der Waals surface area (Å²) in [4.78, 5) is 19.3. The van der Waals surface area contributed by atoms with Crippen molar-refractivity contribution in [2.75, 3.05) is 31.9 Å². The lowest BCUT2D eigenvalue weighted by Gasteiger charge is -2.43. The molecule has 0 radical (unpaired) electrons. The lowest BCUT2D eigenvalue weighted by molar-refractivity contribution is -0.129. The molecule has 7 nitrogen and oxygen atoms in total. The summed E-state index contributed by atoms with van der Waals surface area (Å²) in [5.74, 6) is -0.0196. The number of pyridine rings is 1. The number of rotatable bonds is 4. The molecule has 0 aliphatic carbocycles. The molecule has 0 aromatic carbocycles. The van der Waals surface area contributed by atoms with Crippen LogP contribution in [-0.4, -0.2) is 66.5 Å². The fourth-order valence-electron chi connectivity index (χ4n) is 4.06. The van der Waals surface area contributed by atoms with Gasteiger partial charge in [-0.15, -0.1) is 0 Å². The van der Waals surface area contributed by atoms with Gasteiger partial charge in [-0.3, -0.25) is 14.7 Å². The second kappa shape index (κ2) is 9.12. The lowest BCUT2D eigenvalue weighted by Crippen LogP contribution is -2.58. The number of nitrogens with zero attached hydrogens (tertiary/aromatic N) is 3. The Bertz CT molecular complexity index is 726. The number of hydrogen-bond acceptors (Lipinski definition) is 5. The number of fused-ring (bicyclic) bond motifs is 1. The van der Waals surface area contributed by atoms with Gasteiger partial charge in [0, 0.05) is 44.6 Å². The maximum absolute atomic E-state index is 12.8. The third kappa shape index (κ3) is 5.06. The lowest BCUT2D eigenvalue weighted by atomic mass is 9.89. The first-order chi connectivity index (χ1) is 13.0. The second-order valence-corrected chi connectivity index (χ2v) is 9.66. The zero-order chi connectivity index (χ0) is 19.3. The highest BCUT2D eigenvalue weighted by atomic mass is 32.2. The maximum Gasteiger partial charge on any atom is 0.224 e. The first-order valence-corrected chi connectivity index (χ1v) is 11.5. The quantitative estimate of drug-likeness (QED) is 0.830. The van der Waals surface area contributed by atoms with Crippen molar-refractivity contribution in [3.05, 3.63) is 30.1 Å². The molecule has 27 heavy (non-hydrogen) atoms. The molecule has 1 amide bonds. The Kier molecular flexibility index (Phi) is 6.83. The van der Waals surface area contributed by atoms with E-state index in [1.54, 1.807) is 17.4 Å². The summed E-state index contributed by atoms with van der Waals surface area (Å²) in [7, 11) is -3.26. The molecule has 2 fully saturated rings. The molecule has 2 atom stereocenters. The van der Waals surface area contributed by atoms with Crippen molar-refractivity contribution >= 4 is 15.9 Å². The van der Waals surface area contributed by atoms with Crippen molar-refractivity contribution in [3.63, 3.8) is 0 Å². The van der Waals surface area contributed by atoms with E-state index in [-0.39, 0.29) is 23.6 Å². The average Bonchev–Trinajstić information content (AvgIpc) is 2.69. The highest BCUT2D eigenvalue weighted by molar-refractivity contribution is 7.89. The minimum Gasteiger partial charge on any atom is -0.356 e. The molecule has 8 heteroatoms. The van der Waals surface area contributed by atoms with E-state index in [1.165, 1.54) is 0 Å². The molecule has 1 aromatic rings. The molecule has 2 saturated heterocycles. The van der Waals surface area contributed by atoms with Gasteiger partial charge in [-0.2, -0.15) is 0 Å². The van der Waals surface area contributed by atoms with Crippen LogP contribution in [0.3, 0.4) is 0 Å². The van der Waals surface area contributed by atoms with Crippen LogP contribution in [0.15, 0.2) is 24.5 Å². The largest absolute Gasteiger partial charge is 0.356 e. The Balaban J connectivity index is 1.87. The third-order valence-corrected chi connectivity index (χ3v) is 7.49. The summed E-state index contributed by atoms with van der Waals surface area (Å²) < 4.78 is 26.5. The topological polar surface area (TPSA) is 82.6 Å². The van der Waals surface area contributed by atoms with Crippen molar-refractivity contribution in [1.82, 2.24) is 19.5 Å². The van der Waals surface area contributed by atoms with Crippen LogP contribution in [0.4, 0.5) is 0 Å². The van der Waals surface area contributed by atoms with Crippen molar-refractivity contribution < 1.29 is 13.2 Å². The highest BCUT2D eigenvalue weighted by Gasteiger charge is 2.40. The van der Waals surface area contributed by atoms with Gasteiger partial charge in [0.15, 0.2) is 0 Å². The van der Waals surface area contributed by atoms with Crippen LogP contribution in [-0.2, 0) is 21.4 Å². The van der Waals surface area contributed by atoms with Crippen molar-refractivity contribution in [2.45, 2.75) is 45.2 Å². The molecule has 0 saturated carbocycles. The molecule has 0 unspecified atom stereocenters. The fraction of sp³-hybridized carbons (Fsp3) is 0.684. The molecule has 2 aliphatic heterocycles. The normalized spacial score (nSPS) is 26.2. The number of sulfonamides is 1. The van der Waals surface area contributed by atoms with Crippen molar-refractivity contribution in [2.24, 2.45) is 5.92 Å². The summed E-state index contributed by atoms with van der Waals surface area (Å²) in [5, 5.41) is 3.06. The van der Waals surface area contributed by atoms with E-state index in [9.17, 15) is 13.2 Å². The van der Waals surface area contributed by atoms with E-state index in [0.717, 1.165) is 31.4 Å². The predicted octanol–water partition coefficient (Wildman–Crippen LogP) is 1.22. The fourth-order valence-corrected chi connectivity index (χ4v) is 5.19. The van der Waals surface area contributed by atoms with E-state index >= 15 is 0 Å². The Morgan fingerprint density at radius 1 is 1.26 bits per heavy atom. The number of carbonyl (C=O) groups excluding carboxylic acids is 1. The molecule has 150 valence electrons. The summed E-state index contributed by atoms with van der Waals surface area (Å²) in [6.45, 7) is 4.74. The van der Waals surface area contributed by atoms with Crippen molar-refractivity contribution in [1.29, 1.82) is 0 Å². The smallest absolute Gasteiger partial charge is 0.224 e. The SMILES string of the molecule is CCS(=O)(=O)N1CC[C@H]2C(=O)NCCCCCN(Cc3cccnc3)[C@@H]2C1. The highest BCUT2D eigenvalue weighted by Crippen LogP contribution is 2.27. The average molecular weight is 395 g/mol. The minimum atomic E-state index is -3.26. The van der Waals surface area contributed by atoms with E-state index in [1.807, 2.05) is 18.3 Å². The summed E-state index contributed by atoms with van der Waals surface area (Å²) in [6, 6.07) is 3.83.